The standard InChI is InChI=1S/C18H22N8O2/c1-18(2)16-22-12-14(25-3-6-27-7-4-25)23-13(11-9-20-17(19)21-10-11)24-15(12)26(16)5-8-28-18/h9-10H,3-8H2,1-2H3,(H2,19,20,21)/i1D3,2D3. The van der Waals surface area contributed by atoms with E-state index in [0.717, 1.165) is 0 Å². The summed E-state index contributed by atoms with van der Waals surface area (Å²) in [6, 6.07) is 0. The largest absolute Gasteiger partial charge is 0.378 e. The molecule has 10 nitrogen and oxygen atoms in total. The van der Waals surface area contributed by atoms with Gasteiger partial charge in [0, 0.05) is 40.3 Å². The molecule has 0 unspecified atom stereocenters. The summed E-state index contributed by atoms with van der Waals surface area (Å²) in [5.74, 6) is 0.587. The van der Waals surface area contributed by atoms with Crippen molar-refractivity contribution >= 4 is 22.9 Å². The number of hydrogen-bond acceptors (Lipinski definition) is 9. The Bertz CT molecular complexity index is 1210. The van der Waals surface area contributed by atoms with E-state index in [2.05, 4.69) is 24.9 Å². The molecule has 2 aliphatic rings. The van der Waals surface area contributed by atoms with Crippen LogP contribution in [0.25, 0.3) is 22.6 Å². The zero-order chi connectivity index (χ0) is 24.3. The van der Waals surface area contributed by atoms with Crippen molar-refractivity contribution < 1.29 is 17.7 Å². The molecule has 10 heteroatoms. The van der Waals surface area contributed by atoms with Crippen LogP contribution in [0.15, 0.2) is 12.4 Å². The second-order valence-electron chi connectivity index (χ2n) is 6.59. The van der Waals surface area contributed by atoms with Crippen LogP contribution < -0.4 is 10.6 Å². The number of nitrogens with zero attached hydrogens (tertiary/aromatic N) is 7. The fraction of sp³-hybridized carbons (Fsp3) is 0.500. The van der Waals surface area contributed by atoms with Gasteiger partial charge in [-0.15, -0.1) is 0 Å². The summed E-state index contributed by atoms with van der Waals surface area (Å²) in [4.78, 5) is 23.8. The lowest BCUT2D eigenvalue weighted by Crippen LogP contribution is -2.37. The topological polar surface area (TPSA) is 117 Å². The molecule has 2 N–H and O–H groups in total. The maximum absolute atomic E-state index is 8.08. The molecule has 0 amide bonds. The Morgan fingerprint density at radius 2 is 1.86 bits per heavy atom. The summed E-state index contributed by atoms with van der Waals surface area (Å²) in [5, 5.41) is 0. The maximum Gasteiger partial charge on any atom is 0.219 e. The van der Waals surface area contributed by atoms with Gasteiger partial charge in [0.2, 0.25) is 5.95 Å². The highest BCUT2D eigenvalue weighted by Crippen LogP contribution is 2.34. The highest BCUT2D eigenvalue weighted by Gasteiger charge is 2.34. The normalized spacial score (nSPS) is 23.1. The van der Waals surface area contributed by atoms with Crippen molar-refractivity contribution in [2.24, 2.45) is 0 Å². The first-order valence-electron chi connectivity index (χ1n) is 11.9. The van der Waals surface area contributed by atoms with E-state index in [1.807, 2.05) is 4.90 Å². The van der Waals surface area contributed by atoms with Gasteiger partial charge in [-0.3, -0.25) is 0 Å². The van der Waals surface area contributed by atoms with Gasteiger partial charge in [0.05, 0.1) is 25.4 Å². The minimum atomic E-state index is -3.02. The van der Waals surface area contributed by atoms with E-state index < -0.39 is 19.3 Å². The predicted octanol–water partition coefficient (Wildman–Crippen LogP) is 0.967. The molecule has 3 aromatic rings. The Labute approximate surface area is 170 Å². The molecule has 0 spiro atoms. The fourth-order valence-electron chi connectivity index (χ4n) is 3.40. The first-order valence-corrected chi connectivity index (χ1v) is 8.86. The van der Waals surface area contributed by atoms with Crippen molar-refractivity contribution in [3.8, 4) is 11.4 Å². The number of ether oxygens (including phenoxy) is 2. The van der Waals surface area contributed by atoms with E-state index in [4.69, 9.17) is 23.4 Å². The first kappa shape index (κ1) is 11.9. The number of imidazole rings is 1. The number of rotatable bonds is 2. The molecule has 2 aliphatic heterocycles. The van der Waals surface area contributed by atoms with Crippen molar-refractivity contribution in [3.63, 3.8) is 0 Å². The lowest BCUT2D eigenvalue weighted by Gasteiger charge is -2.30. The number of aromatic nitrogens is 6. The molecule has 0 aliphatic carbocycles. The Balaban J connectivity index is 1.80. The van der Waals surface area contributed by atoms with Gasteiger partial charge in [-0.25, -0.2) is 24.9 Å². The molecule has 0 atom stereocenters. The van der Waals surface area contributed by atoms with Crippen LogP contribution in [0.1, 0.15) is 27.8 Å². The van der Waals surface area contributed by atoms with Crippen molar-refractivity contribution in [1.82, 2.24) is 29.5 Å². The van der Waals surface area contributed by atoms with E-state index in [-0.39, 0.29) is 30.7 Å². The Kier molecular flexibility index (Phi) is 2.69. The number of nitrogen functional groups attached to an aromatic ring is 1. The molecule has 0 saturated carbocycles. The molecular formula is C18H22N8O2. The van der Waals surface area contributed by atoms with Crippen LogP contribution in [0.5, 0.6) is 0 Å². The Morgan fingerprint density at radius 1 is 1.07 bits per heavy atom. The summed E-state index contributed by atoms with van der Waals surface area (Å²) in [7, 11) is 0. The molecule has 0 radical (unpaired) electrons. The third-order valence-corrected chi connectivity index (χ3v) is 4.77. The third-order valence-electron chi connectivity index (χ3n) is 4.77. The molecule has 0 aromatic carbocycles. The second-order valence-corrected chi connectivity index (χ2v) is 6.59. The van der Waals surface area contributed by atoms with Crippen LogP contribution >= 0.6 is 0 Å². The Morgan fingerprint density at radius 3 is 2.61 bits per heavy atom. The zero-order valence-corrected chi connectivity index (χ0v) is 14.9. The van der Waals surface area contributed by atoms with Gasteiger partial charge in [-0.2, -0.15) is 0 Å². The summed E-state index contributed by atoms with van der Waals surface area (Å²) in [6.07, 6.45) is 2.97. The number of nitrogens with two attached hydrogens (primary N) is 1. The number of fused-ring (bicyclic) bond motifs is 3. The van der Waals surface area contributed by atoms with Crippen LogP contribution in [0, 0.1) is 0 Å². The van der Waals surface area contributed by atoms with Gasteiger partial charge in [0.25, 0.3) is 0 Å². The molecule has 5 rings (SSSR count). The van der Waals surface area contributed by atoms with Crippen molar-refractivity contribution in [3.05, 3.63) is 18.2 Å². The monoisotopic (exact) mass is 388 g/mol. The summed E-state index contributed by atoms with van der Waals surface area (Å²) in [6.45, 7) is -4.01. The summed E-state index contributed by atoms with van der Waals surface area (Å²) < 4.78 is 61.0. The van der Waals surface area contributed by atoms with Crippen LogP contribution in [-0.2, 0) is 21.6 Å². The third kappa shape index (κ3) is 2.76. The minimum Gasteiger partial charge on any atom is -0.378 e. The van der Waals surface area contributed by atoms with Crippen LogP contribution in [-0.4, -0.2) is 62.4 Å². The molecule has 28 heavy (non-hydrogen) atoms. The van der Waals surface area contributed by atoms with Gasteiger partial charge in [-0.05, 0) is 13.7 Å². The molecule has 0 bridgehead atoms. The van der Waals surface area contributed by atoms with E-state index >= 15 is 0 Å². The van der Waals surface area contributed by atoms with Gasteiger partial charge in [0.15, 0.2) is 22.8 Å². The quantitative estimate of drug-likeness (QED) is 0.685. The van der Waals surface area contributed by atoms with E-state index in [1.54, 1.807) is 0 Å². The Hall–Kier alpha value is -2.85. The van der Waals surface area contributed by atoms with Crippen molar-refractivity contribution in [1.29, 1.82) is 0 Å². The lowest BCUT2D eigenvalue weighted by atomic mass is 10.1. The van der Waals surface area contributed by atoms with Crippen LogP contribution in [0.2, 0.25) is 0 Å². The molecule has 1 saturated heterocycles. The number of hydrogen-bond donors (Lipinski definition) is 1. The summed E-state index contributed by atoms with van der Waals surface area (Å²) >= 11 is 0. The van der Waals surface area contributed by atoms with E-state index in [0.29, 0.717) is 48.8 Å². The molecule has 5 heterocycles. The van der Waals surface area contributed by atoms with E-state index in [1.165, 1.54) is 17.0 Å². The maximum atomic E-state index is 8.08. The molecule has 1 fully saturated rings. The highest BCUT2D eigenvalue weighted by atomic mass is 16.5. The molecular weight excluding hydrogens is 360 g/mol. The molecule has 146 valence electrons. The number of anilines is 2. The minimum absolute atomic E-state index is 0.0947. The lowest BCUT2D eigenvalue weighted by molar-refractivity contribution is -0.0530. The zero-order valence-electron chi connectivity index (χ0n) is 20.9. The second kappa shape index (κ2) is 6.35. The predicted molar refractivity (Wildman–Crippen MR) is 103 cm³/mol. The highest BCUT2D eigenvalue weighted by molar-refractivity contribution is 5.86. The van der Waals surface area contributed by atoms with Crippen LogP contribution in [0.3, 0.4) is 0 Å². The van der Waals surface area contributed by atoms with E-state index in [9.17, 15) is 0 Å². The summed E-state index contributed by atoms with van der Waals surface area (Å²) in [5.41, 5.74) is 4.09. The average molecular weight is 388 g/mol. The van der Waals surface area contributed by atoms with Gasteiger partial charge in [-0.1, -0.05) is 0 Å². The van der Waals surface area contributed by atoms with Gasteiger partial charge >= 0.3 is 0 Å². The fourth-order valence-corrected chi connectivity index (χ4v) is 3.40. The van der Waals surface area contributed by atoms with Crippen LogP contribution in [0.4, 0.5) is 11.8 Å². The van der Waals surface area contributed by atoms with Crippen molar-refractivity contribution in [2.75, 3.05) is 43.5 Å². The molecule has 3 aromatic heterocycles. The number of morpholine rings is 1. The average Bonchev–Trinajstić information content (AvgIpc) is 3.17. The van der Waals surface area contributed by atoms with Crippen molar-refractivity contribution in [2.45, 2.75) is 25.8 Å². The van der Waals surface area contributed by atoms with Gasteiger partial charge < -0.3 is 24.7 Å². The van der Waals surface area contributed by atoms with Gasteiger partial charge in [0.1, 0.15) is 11.4 Å². The SMILES string of the molecule is [2H]C([2H])([2H])C1(C([2H])([2H])[2H])OCCn2c1nc1c(N3CCOCC3)nc(-c3cnc(N)nc3)nc12. The smallest absolute Gasteiger partial charge is 0.219 e. The first-order chi connectivity index (χ1) is 16.0.